The molecule has 0 aromatic carbocycles. The number of thiophene rings is 1. The lowest BCUT2D eigenvalue weighted by Gasteiger charge is -2.05. The molecule has 0 saturated carbocycles. The van der Waals surface area contributed by atoms with Crippen LogP contribution in [0.1, 0.15) is 28.4 Å². The molecule has 0 bridgehead atoms. The topological polar surface area (TPSA) is 67.4 Å². The fourth-order valence-corrected chi connectivity index (χ4v) is 1.87. The average molecular weight is 242 g/mol. The Labute approximate surface area is 97.8 Å². The SMILES string of the molecule is CCOC(=O)NNC(=O)c1ccc(CC)s1. The maximum Gasteiger partial charge on any atom is 0.426 e. The smallest absolute Gasteiger partial charge is 0.426 e. The van der Waals surface area contributed by atoms with E-state index in [4.69, 9.17) is 0 Å². The van der Waals surface area contributed by atoms with E-state index in [2.05, 4.69) is 15.6 Å². The van der Waals surface area contributed by atoms with Gasteiger partial charge in [0.25, 0.3) is 5.91 Å². The van der Waals surface area contributed by atoms with Crippen molar-refractivity contribution in [1.29, 1.82) is 0 Å². The van der Waals surface area contributed by atoms with E-state index >= 15 is 0 Å². The summed E-state index contributed by atoms with van der Waals surface area (Å²) < 4.78 is 4.59. The number of aryl methyl sites for hydroxylation is 1. The molecule has 1 aromatic heterocycles. The van der Waals surface area contributed by atoms with E-state index in [1.807, 2.05) is 13.0 Å². The predicted octanol–water partition coefficient (Wildman–Crippen LogP) is 1.70. The average Bonchev–Trinajstić information content (AvgIpc) is 2.75. The first-order chi connectivity index (χ1) is 7.67. The van der Waals surface area contributed by atoms with Crippen LogP contribution in [-0.2, 0) is 11.2 Å². The highest BCUT2D eigenvalue weighted by Crippen LogP contribution is 2.16. The molecule has 16 heavy (non-hydrogen) atoms. The summed E-state index contributed by atoms with van der Waals surface area (Å²) in [4.78, 5) is 24.1. The molecule has 5 nitrogen and oxygen atoms in total. The van der Waals surface area contributed by atoms with E-state index < -0.39 is 6.09 Å². The number of hydrogen-bond acceptors (Lipinski definition) is 4. The number of ether oxygens (including phenoxy) is 1. The van der Waals surface area contributed by atoms with Crippen molar-refractivity contribution in [3.05, 3.63) is 21.9 Å². The van der Waals surface area contributed by atoms with Crippen molar-refractivity contribution in [1.82, 2.24) is 10.9 Å². The fourth-order valence-electron chi connectivity index (χ4n) is 1.03. The van der Waals surface area contributed by atoms with Crippen LogP contribution in [0.5, 0.6) is 0 Å². The van der Waals surface area contributed by atoms with Gasteiger partial charge in [0.05, 0.1) is 11.5 Å². The zero-order chi connectivity index (χ0) is 12.0. The molecule has 88 valence electrons. The summed E-state index contributed by atoms with van der Waals surface area (Å²) in [6, 6.07) is 3.62. The molecule has 0 aliphatic rings. The largest absolute Gasteiger partial charge is 0.449 e. The van der Waals surface area contributed by atoms with E-state index in [-0.39, 0.29) is 12.5 Å². The zero-order valence-corrected chi connectivity index (χ0v) is 10.0. The Hall–Kier alpha value is -1.56. The monoisotopic (exact) mass is 242 g/mol. The highest BCUT2D eigenvalue weighted by atomic mass is 32.1. The first-order valence-electron chi connectivity index (χ1n) is 4.99. The summed E-state index contributed by atoms with van der Waals surface area (Å²) in [5, 5.41) is 0. The number of rotatable bonds is 3. The van der Waals surface area contributed by atoms with Crippen LogP contribution in [0.3, 0.4) is 0 Å². The highest BCUT2D eigenvalue weighted by Gasteiger charge is 2.09. The number of hydrogen-bond donors (Lipinski definition) is 2. The third-order valence-corrected chi connectivity index (χ3v) is 3.02. The van der Waals surface area contributed by atoms with Gasteiger partial charge in [-0.1, -0.05) is 6.92 Å². The molecule has 1 rings (SSSR count). The number of amides is 2. The van der Waals surface area contributed by atoms with Crippen molar-refractivity contribution in [2.75, 3.05) is 6.61 Å². The van der Waals surface area contributed by atoms with Crippen LogP contribution in [0.2, 0.25) is 0 Å². The summed E-state index contributed by atoms with van der Waals surface area (Å²) >= 11 is 1.40. The molecule has 0 radical (unpaired) electrons. The molecule has 1 aromatic rings. The van der Waals surface area contributed by atoms with Gasteiger partial charge in [0.1, 0.15) is 0 Å². The molecule has 0 aliphatic heterocycles. The van der Waals surface area contributed by atoms with Crippen LogP contribution in [0, 0.1) is 0 Å². The Morgan fingerprint density at radius 3 is 2.62 bits per heavy atom. The third kappa shape index (κ3) is 3.54. The number of hydrazine groups is 1. The summed E-state index contributed by atoms with van der Waals surface area (Å²) in [5.74, 6) is -0.335. The maximum atomic E-state index is 11.5. The first kappa shape index (κ1) is 12.5. The van der Waals surface area contributed by atoms with Crippen LogP contribution in [0.4, 0.5) is 4.79 Å². The zero-order valence-electron chi connectivity index (χ0n) is 9.20. The summed E-state index contributed by atoms with van der Waals surface area (Å²) in [6.07, 6.45) is 0.228. The molecule has 0 saturated heterocycles. The first-order valence-corrected chi connectivity index (χ1v) is 5.80. The van der Waals surface area contributed by atoms with Crippen molar-refractivity contribution in [3.8, 4) is 0 Å². The molecule has 1 heterocycles. The van der Waals surface area contributed by atoms with Crippen molar-refractivity contribution < 1.29 is 14.3 Å². The maximum absolute atomic E-state index is 11.5. The Bertz CT molecular complexity index is 376. The molecule has 0 fully saturated rings. The summed E-state index contributed by atoms with van der Waals surface area (Å²) in [6.45, 7) is 3.97. The minimum Gasteiger partial charge on any atom is -0.449 e. The number of carbonyl (C=O) groups is 2. The van der Waals surface area contributed by atoms with E-state index in [0.29, 0.717) is 4.88 Å². The lowest BCUT2D eigenvalue weighted by atomic mass is 10.3. The summed E-state index contributed by atoms with van der Waals surface area (Å²) in [7, 11) is 0. The van der Waals surface area contributed by atoms with Gasteiger partial charge in [-0.25, -0.2) is 10.2 Å². The Kier molecular flexibility index (Phi) is 4.78. The minimum atomic E-state index is -0.664. The standard InChI is InChI=1S/C10H14N2O3S/c1-3-7-5-6-8(16-7)9(13)11-12-10(14)15-4-2/h5-6H,3-4H2,1-2H3,(H,11,13)(H,12,14). The number of nitrogens with one attached hydrogen (secondary N) is 2. The van der Waals surface area contributed by atoms with E-state index in [9.17, 15) is 9.59 Å². The van der Waals surface area contributed by atoms with E-state index in [0.717, 1.165) is 11.3 Å². The van der Waals surface area contributed by atoms with Gasteiger partial charge in [0.15, 0.2) is 0 Å². The lowest BCUT2D eigenvalue weighted by Crippen LogP contribution is -2.41. The lowest BCUT2D eigenvalue weighted by molar-refractivity contribution is 0.0916. The van der Waals surface area contributed by atoms with Crippen molar-refractivity contribution >= 4 is 23.3 Å². The third-order valence-electron chi connectivity index (χ3n) is 1.79. The molecule has 0 spiro atoms. The Morgan fingerprint density at radius 1 is 1.31 bits per heavy atom. The quantitative estimate of drug-likeness (QED) is 0.793. The van der Waals surface area contributed by atoms with Gasteiger partial charge in [0.2, 0.25) is 0 Å². The second-order valence-corrected chi connectivity index (χ2v) is 4.09. The highest BCUT2D eigenvalue weighted by molar-refractivity contribution is 7.14. The molecule has 0 unspecified atom stereocenters. The van der Waals surface area contributed by atoms with E-state index in [1.54, 1.807) is 13.0 Å². The van der Waals surface area contributed by atoms with Gasteiger partial charge in [0, 0.05) is 4.88 Å². The van der Waals surface area contributed by atoms with Crippen LogP contribution in [0.25, 0.3) is 0 Å². The molecule has 0 aliphatic carbocycles. The van der Waals surface area contributed by atoms with Crippen molar-refractivity contribution in [2.45, 2.75) is 20.3 Å². The fraction of sp³-hybridized carbons (Fsp3) is 0.400. The van der Waals surface area contributed by atoms with Gasteiger partial charge in [-0.3, -0.25) is 10.2 Å². The Balaban J connectivity index is 2.43. The molecule has 2 amide bonds. The van der Waals surface area contributed by atoms with Gasteiger partial charge in [-0.2, -0.15) is 0 Å². The molecular weight excluding hydrogens is 228 g/mol. The second kappa shape index (κ2) is 6.12. The second-order valence-electron chi connectivity index (χ2n) is 2.92. The molecule has 2 N–H and O–H groups in total. The van der Waals surface area contributed by atoms with Crippen molar-refractivity contribution in [2.24, 2.45) is 0 Å². The molecular formula is C10H14N2O3S. The van der Waals surface area contributed by atoms with Crippen molar-refractivity contribution in [3.63, 3.8) is 0 Å². The van der Waals surface area contributed by atoms with Gasteiger partial charge >= 0.3 is 6.09 Å². The predicted molar refractivity (Wildman–Crippen MR) is 61.3 cm³/mol. The van der Waals surface area contributed by atoms with E-state index in [1.165, 1.54) is 11.3 Å². The Morgan fingerprint density at radius 2 is 2.06 bits per heavy atom. The van der Waals surface area contributed by atoms with Crippen LogP contribution in [0.15, 0.2) is 12.1 Å². The normalized spacial score (nSPS) is 9.62. The van der Waals surface area contributed by atoms with Gasteiger partial charge in [-0.15, -0.1) is 11.3 Å². The van der Waals surface area contributed by atoms with Crippen LogP contribution >= 0.6 is 11.3 Å². The summed E-state index contributed by atoms with van der Waals surface area (Å²) in [5.41, 5.74) is 4.42. The van der Waals surface area contributed by atoms with Crippen LogP contribution < -0.4 is 10.9 Å². The minimum absolute atomic E-state index is 0.265. The molecule has 6 heteroatoms. The van der Waals surface area contributed by atoms with Gasteiger partial charge in [-0.05, 0) is 25.5 Å². The number of carbonyl (C=O) groups excluding carboxylic acids is 2. The van der Waals surface area contributed by atoms with Crippen LogP contribution in [-0.4, -0.2) is 18.6 Å². The molecule has 0 atom stereocenters. The van der Waals surface area contributed by atoms with Gasteiger partial charge < -0.3 is 4.74 Å².